The molecule has 31 heavy (non-hydrogen) atoms. The van der Waals surface area contributed by atoms with Crippen LogP contribution in [-0.4, -0.2) is 32.1 Å². The van der Waals surface area contributed by atoms with Gasteiger partial charge in [0.15, 0.2) is 11.5 Å². The monoisotopic (exact) mass is 418 g/mol. The second kappa shape index (κ2) is 10.8. The Kier molecular flexibility index (Phi) is 7.65. The Labute approximate surface area is 182 Å². The van der Waals surface area contributed by atoms with Crippen molar-refractivity contribution in [3.05, 3.63) is 89.5 Å². The molecule has 2 amide bonds. The van der Waals surface area contributed by atoms with Crippen molar-refractivity contribution in [3.8, 4) is 11.5 Å². The SMILES string of the molecule is CCOc1cc(C(=O)Nc2ccccc2C(=O)NCCc2ccccc2)ccc1OC. The molecular weight excluding hydrogens is 392 g/mol. The van der Waals surface area contributed by atoms with E-state index in [0.717, 1.165) is 12.0 Å². The van der Waals surface area contributed by atoms with Crippen LogP contribution in [0.3, 0.4) is 0 Å². The van der Waals surface area contributed by atoms with E-state index in [9.17, 15) is 9.59 Å². The van der Waals surface area contributed by atoms with Gasteiger partial charge < -0.3 is 20.1 Å². The van der Waals surface area contributed by atoms with E-state index < -0.39 is 0 Å². The van der Waals surface area contributed by atoms with Gasteiger partial charge >= 0.3 is 0 Å². The molecular formula is C25H26N2O4. The summed E-state index contributed by atoms with van der Waals surface area (Å²) in [5.41, 5.74) is 2.40. The number of methoxy groups -OCH3 is 1. The number of hydrogen-bond donors (Lipinski definition) is 2. The Balaban J connectivity index is 1.69. The molecule has 0 aromatic heterocycles. The van der Waals surface area contributed by atoms with Crippen LogP contribution in [0.4, 0.5) is 5.69 Å². The number of ether oxygens (including phenoxy) is 2. The van der Waals surface area contributed by atoms with Gasteiger partial charge in [0, 0.05) is 12.1 Å². The largest absolute Gasteiger partial charge is 0.493 e. The zero-order valence-corrected chi connectivity index (χ0v) is 17.7. The molecule has 0 aliphatic heterocycles. The quantitative estimate of drug-likeness (QED) is 0.543. The van der Waals surface area contributed by atoms with Gasteiger partial charge in [-0.3, -0.25) is 9.59 Å². The number of carbonyl (C=O) groups excluding carboxylic acids is 2. The smallest absolute Gasteiger partial charge is 0.255 e. The molecule has 3 rings (SSSR count). The maximum absolute atomic E-state index is 12.8. The van der Waals surface area contributed by atoms with Crippen molar-refractivity contribution in [3.63, 3.8) is 0 Å². The van der Waals surface area contributed by atoms with Gasteiger partial charge in [-0.1, -0.05) is 42.5 Å². The maximum atomic E-state index is 12.8. The highest BCUT2D eigenvalue weighted by molar-refractivity contribution is 6.09. The van der Waals surface area contributed by atoms with E-state index in [1.807, 2.05) is 37.3 Å². The third-order valence-electron chi connectivity index (χ3n) is 4.69. The van der Waals surface area contributed by atoms with Crippen molar-refractivity contribution >= 4 is 17.5 Å². The van der Waals surface area contributed by atoms with Crippen LogP contribution in [0, 0.1) is 0 Å². The molecule has 3 aromatic carbocycles. The van der Waals surface area contributed by atoms with Crippen molar-refractivity contribution < 1.29 is 19.1 Å². The van der Waals surface area contributed by atoms with Gasteiger partial charge in [0.05, 0.1) is 25.0 Å². The molecule has 0 radical (unpaired) electrons. The van der Waals surface area contributed by atoms with E-state index >= 15 is 0 Å². The number of anilines is 1. The standard InChI is InChI=1S/C25H26N2O4/c1-3-31-23-17-19(13-14-22(23)30-2)24(28)27-21-12-8-7-11-20(21)25(29)26-16-15-18-9-5-4-6-10-18/h4-14,17H,3,15-16H2,1-2H3,(H,26,29)(H,27,28). The lowest BCUT2D eigenvalue weighted by molar-refractivity contribution is 0.0955. The number of rotatable bonds is 9. The van der Waals surface area contributed by atoms with Crippen LogP contribution in [0.2, 0.25) is 0 Å². The fourth-order valence-corrected chi connectivity index (χ4v) is 3.13. The van der Waals surface area contributed by atoms with Gasteiger partial charge in [0.1, 0.15) is 0 Å². The highest BCUT2D eigenvalue weighted by atomic mass is 16.5. The van der Waals surface area contributed by atoms with Gasteiger partial charge in [-0.25, -0.2) is 0 Å². The molecule has 0 spiro atoms. The zero-order valence-electron chi connectivity index (χ0n) is 17.7. The van der Waals surface area contributed by atoms with Crippen molar-refractivity contribution in [1.82, 2.24) is 5.32 Å². The van der Waals surface area contributed by atoms with E-state index in [-0.39, 0.29) is 11.8 Å². The minimum absolute atomic E-state index is 0.239. The lowest BCUT2D eigenvalue weighted by atomic mass is 10.1. The van der Waals surface area contributed by atoms with Crippen molar-refractivity contribution in [1.29, 1.82) is 0 Å². The predicted molar refractivity (Wildman–Crippen MR) is 121 cm³/mol. The average molecular weight is 418 g/mol. The molecule has 6 heteroatoms. The molecule has 0 saturated carbocycles. The zero-order chi connectivity index (χ0) is 22.1. The van der Waals surface area contributed by atoms with Crippen molar-refractivity contribution in [2.24, 2.45) is 0 Å². The first-order valence-corrected chi connectivity index (χ1v) is 10.2. The summed E-state index contributed by atoms with van der Waals surface area (Å²) in [5, 5.41) is 5.74. The van der Waals surface area contributed by atoms with Crippen LogP contribution >= 0.6 is 0 Å². The number of amides is 2. The Bertz CT molecular complexity index is 1030. The lowest BCUT2D eigenvalue weighted by Crippen LogP contribution is -2.27. The van der Waals surface area contributed by atoms with Crippen LogP contribution in [0.15, 0.2) is 72.8 Å². The molecule has 0 unspecified atom stereocenters. The fraction of sp³-hybridized carbons (Fsp3) is 0.200. The van der Waals surface area contributed by atoms with Gasteiger partial charge in [-0.2, -0.15) is 0 Å². The Morgan fingerprint density at radius 3 is 2.35 bits per heavy atom. The van der Waals surface area contributed by atoms with Crippen LogP contribution in [0.25, 0.3) is 0 Å². The fourth-order valence-electron chi connectivity index (χ4n) is 3.13. The molecule has 0 bridgehead atoms. The second-order valence-electron chi connectivity index (χ2n) is 6.79. The Morgan fingerprint density at radius 1 is 0.871 bits per heavy atom. The Morgan fingerprint density at radius 2 is 1.61 bits per heavy atom. The summed E-state index contributed by atoms with van der Waals surface area (Å²) in [6, 6.07) is 21.8. The molecule has 0 saturated heterocycles. The normalized spacial score (nSPS) is 10.3. The van der Waals surface area contributed by atoms with E-state index in [0.29, 0.717) is 41.5 Å². The summed E-state index contributed by atoms with van der Waals surface area (Å²) in [6.07, 6.45) is 0.729. The number of carbonyl (C=O) groups is 2. The van der Waals surface area contributed by atoms with Crippen LogP contribution in [-0.2, 0) is 6.42 Å². The molecule has 2 N–H and O–H groups in total. The molecule has 3 aromatic rings. The van der Waals surface area contributed by atoms with Gasteiger partial charge in [0.2, 0.25) is 0 Å². The minimum Gasteiger partial charge on any atom is -0.493 e. The molecule has 0 atom stereocenters. The molecule has 0 heterocycles. The summed E-state index contributed by atoms with van der Waals surface area (Å²) >= 11 is 0. The third kappa shape index (κ3) is 5.85. The topological polar surface area (TPSA) is 76.7 Å². The summed E-state index contributed by atoms with van der Waals surface area (Å²) in [7, 11) is 1.55. The first kappa shape index (κ1) is 21.9. The second-order valence-corrected chi connectivity index (χ2v) is 6.79. The third-order valence-corrected chi connectivity index (χ3v) is 4.69. The van der Waals surface area contributed by atoms with Gasteiger partial charge in [-0.05, 0) is 49.2 Å². The molecule has 0 aliphatic rings. The summed E-state index contributed by atoms with van der Waals surface area (Å²) < 4.78 is 10.8. The number of benzene rings is 3. The highest BCUT2D eigenvalue weighted by Gasteiger charge is 2.15. The summed E-state index contributed by atoms with van der Waals surface area (Å²) in [5.74, 6) is 0.464. The number of hydrogen-bond acceptors (Lipinski definition) is 4. The van der Waals surface area contributed by atoms with Crippen LogP contribution in [0.5, 0.6) is 11.5 Å². The van der Waals surface area contributed by atoms with Crippen LogP contribution in [0.1, 0.15) is 33.2 Å². The van der Waals surface area contributed by atoms with E-state index in [4.69, 9.17) is 9.47 Å². The average Bonchev–Trinajstić information content (AvgIpc) is 2.80. The minimum atomic E-state index is -0.340. The summed E-state index contributed by atoms with van der Waals surface area (Å²) in [6.45, 7) is 2.81. The number of nitrogens with one attached hydrogen (secondary N) is 2. The van der Waals surface area contributed by atoms with Crippen molar-refractivity contribution in [2.45, 2.75) is 13.3 Å². The van der Waals surface area contributed by atoms with E-state index in [2.05, 4.69) is 10.6 Å². The summed E-state index contributed by atoms with van der Waals surface area (Å²) in [4.78, 5) is 25.5. The highest BCUT2D eigenvalue weighted by Crippen LogP contribution is 2.28. The van der Waals surface area contributed by atoms with Gasteiger partial charge in [0.25, 0.3) is 11.8 Å². The molecule has 6 nitrogen and oxygen atoms in total. The van der Waals surface area contributed by atoms with Gasteiger partial charge in [-0.15, -0.1) is 0 Å². The lowest BCUT2D eigenvalue weighted by Gasteiger charge is -2.13. The number of para-hydroxylation sites is 1. The van der Waals surface area contributed by atoms with E-state index in [1.54, 1.807) is 49.6 Å². The maximum Gasteiger partial charge on any atom is 0.255 e. The molecule has 160 valence electrons. The van der Waals surface area contributed by atoms with Crippen LogP contribution < -0.4 is 20.1 Å². The van der Waals surface area contributed by atoms with Crippen molar-refractivity contribution in [2.75, 3.05) is 25.6 Å². The first-order chi connectivity index (χ1) is 15.1. The Hall–Kier alpha value is -3.80. The van der Waals surface area contributed by atoms with E-state index in [1.165, 1.54) is 0 Å². The predicted octanol–water partition coefficient (Wildman–Crippen LogP) is 4.32. The first-order valence-electron chi connectivity index (χ1n) is 10.2. The molecule has 0 fully saturated rings. The molecule has 0 aliphatic carbocycles.